The Hall–Kier alpha value is -8.70. The molecule has 1 saturated carbocycles. The molecule has 0 N–H and O–H groups in total. The first-order chi connectivity index (χ1) is 44.9. The molecule has 0 amide bonds. The summed E-state index contributed by atoms with van der Waals surface area (Å²) in [6, 6.07) is 0. The highest BCUT2D eigenvalue weighted by Gasteiger charge is 2.58. The zero-order chi connectivity index (χ0) is 68.5. The van der Waals surface area contributed by atoms with E-state index < -0.39 is 168 Å². The molecule has 0 radical (unpaired) electrons. The Morgan fingerprint density at radius 1 is 0.344 bits per heavy atom. The van der Waals surface area contributed by atoms with Crippen LogP contribution < -0.4 is 0 Å². The van der Waals surface area contributed by atoms with Gasteiger partial charge in [0.05, 0.1) is 159 Å². The monoisotopic (exact) mass is 1310 g/mol. The van der Waals surface area contributed by atoms with Crippen LogP contribution in [0, 0.1) is 82.9 Å². The molecule has 6 aliphatic heterocycles. The van der Waals surface area contributed by atoms with Crippen LogP contribution in [0.4, 0.5) is 0 Å². The minimum absolute atomic E-state index is 0.0429. The highest BCUT2D eigenvalue weighted by molar-refractivity contribution is 5.98. The van der Waals surface area contributed by atoms with Crippen molar-refractivity contribution in [3.05, 3.63) is 112 Å². The molecule has 6 saturated heterocycles. The van der Waals surface area contributed by atoms with Crippen molar-refractivity contribution in [1.29, 1.82) is 0 Å². The molecule has 0 spiro atoms. The molecule has 28 heteroatoms. The molecule has 7 fully saturated rings. The van der Waals surface area contributed by atoms with Gasteiger partial charge < -0.3 is 75.8 Å². The molecule has 0 aromatic carbocycles. The van der Waals surface area contributed by atoms with Crippen molar-refractivity contribution in [2.24, 2.45) is 82.9 Å². The molecular weight excluding hydrogens is 1230 g/mol. The lowest BCUT2D eigenvalue weighted by atomic mass is 9.85. The van der Waals surface area contributed by atoms with Crippen LogP contribution in [0.5, 0.6) is 0 Å². The van der Waals surface area contributed by atoms with Crippen LogP contribution in [0.1, 0.15) is 6.42 Å². The number of carbonyl (C=O) groups is 12. The van der Waals surface area contributed by atoms with E-state index in [9.17, 15) is 57.5 Å². The van der Waals surface area contributed by atoms with Gasteiger partial charge in [-0.3, -0.25) is 57.5 Å². The molecule has 93 heavy (non-hydrogen) atoms. The zero-order valence-corrected chi connectivity index (χ0v) is 52.1. The van der Waals surface area contributed by atoms with E-state index >= 15 is 0 Å². The minimum Gasteiger partial charge on any atom is -0.469 e. The van der Waals surface area contributed by atoms with E-state index in [1.807, 2.05) is 6.08 Å². The first-order valence-electron chi connectivity index (χ1n) is 29.4. The standard InChI is InChI=1S/C23H30O9.C22H28O10.C20H22O9/c1-5-14-9-15(20(22(26)28-3)16(14)10-30-12-24)7-8-19-17(11-31-13-25)21(23(27)29-4)18(6-2)32-19;1-5-15-13(9-29-11-23)20(22(26)28-4)18(31-15)8-7-17-14(10-30-12-24)19(21(25)27-3)16(6-2)32-17;1-4-11-10(8-26-9-21)15(18(22)25-3)13(27-11)6-7-14-17-16(12(5-2)28-14)19(23)29-20(17)24/h5-8,12-21H,1-2,9-11H2,3-4H3;5-8,11-20H,1-2,9-10H2,3-4H3;4-7,9-17H,1-2,8H2,3H3. The van der Waals surface area contributed by atoms with Crippen molar-refractivity contribution in [1.82, 2.24) is 0 Å². The first-order valence-corrected chi connectivity index (χ1v) is 29.4. The summed E-state index contributed by atoms with van der Waals surface area (Å²) >= 11 is 0. The van der Waals surface area contributed by atoms with Gasteiger partial charge in [-0.05, 0) is 18.3 Å². The van der Waals surface area contributed by atoms with Crippen LogP contribution in [0.3, 0.4) is 0 Å². The van der Waals surface area contributed by atoms with Crippen LogP contribution in [-0.4, -0.2) is 204 Å². The fourth-order valence-electron chi connectivity index (χ4n) is 13.2. The Labute approximate surface area is 537 Å². The van der Waals surface area contributed by atoms with Gasteiger partial charge in [0.2, 0.25) is 0 Å². The topological polar surface area (TPSA) is 353 Å². The van der Waals surface area contributed by atoms with E-state index in [4.69, 9.17) is 75.8 Å². The van der Waals surface area contributed by atoms with Crippen molar-refractivity contribution in [2.45, 2.75) is 67.5 Å². The first kappa shape index (κ1) is 75.0. The predicted octanol–water partition coefficient (Wildman–Crippen LogP) is 2.42. The lowest BCUT2D eigenvalue weighted by Gasteiger charge is -2.22. The van der Waals surface area contributed by atoms with Gasteiger partial charge in [-0.2, -0.15) is 0 Å². The summed E-state index contributed by atoms with van der Waals surface area (Å²) in [5.41, 5.74) is 0. The second-order valence-electron chi connectivity index (χ2n) is 22.0. The fraction of sp³-hybridized carbons (Fsp3) is 0.538. The van der Waals surface area contributed by atoms with E-state index in [-0.39, 0.29) is 57.3 Å². The van der Waals surface area contributed by atoms with Crippen LogP contribution >= 0.6 is 0 Å². The van der Waals surface area contributed by atoms with Crippen LogP contribution in [-0.2, 0) is 133 Å². The third-order valence-electron chi connectivity index (χ3n) is 17.5. The highest BCUT2D eigenvalue weighted by atomic mass is 16.6. The van der Waals surface area contributed by atoms with Crippen molar-refractivity contribution < 1.29 is 133 Å². The van der Waals surface area contributed by atoms with E-state index in [0.717, 1.165) is 0 Å². The van der Waals surface area contributed by atoms with Crippen molar-refractivity contribution in [3.63, 3.8) is 0 Å². The van der Waals surface area contributed by atoms with Crippen LogP contribution in [0.25, 0.3) is 0 Å². The van der Waals surface area contributed by atoms with Gasteiger partial charge in [-0.15, -0.1) is 39.5 Å². The van der Waals surface area contributed by atoms with E-state index in [1.54, 1.807) is 36.5 Å². The fourth-order valence-corrected chi connectivity index (χ4v) is 13.2. The smallest absolute Gasteiger partial charge is 0.320 e. The number of ether oxygens (including phenoxy) is 16. The van der Waals surface area contributed by atoms with Gasteiger partial charge in [0.25, 0.3) is 32.4 Å². The van der Waals surface area contributed by atoms with Crippen molar-refractivity contribution in [3.8, 4) is 0 Å². The van der Waals surface area contributed by atoms with E-state index in [1.165, 1.54) is 65.9 Å². The maximum Gasteiger partial charge on any atom is 0.320 e. The molecule has 24 unspecified atom stereocenters. The second-order valence-corrected chi connectivity index (χ2v) is 22.0. The Balaban J connectivity index is 0.000000253. The Kier molecular flexibility index (Phi) is 29.9. The van der Waals surface area contributed by atoms with E-state index in [0.29, 0.717) is 32.3 Å². The van der Waals surface area contributed by atoms with Crippen LogP contribution in [0.2, 0.25) is 0 Å². The molecule has 0 aromatic rings. The zero-order valence-electron chi connectivity index (χ0n) is 52.1. The normalized spacial score (nSPS) is 35.4. The molecule has 24 atom stereocenters. The minimum atomic E-state index is -0.788. The van der Waals surface area contributed by atoms with Crippen molar-refractivity contribution in [2.75, 3.05) is 68.6 Å². The number of cyclic esters (lactones) is 2. The number of methoxy groups -OCH3 is 5. The Morgan fingerprint density at radius 2 is 0.624 bits per heavy atom. The maximum atomic E-state index is 12.5. The number of allylic oxidation sites excluding steroid dienone is 2. The number of hydrogen-bond acceptors (Lipinski definition) is 28. The summed E-state index contributed by atoms with van der Waals surface area (Å²) in [5.74, 6) is -11.4. The summed E-state index contributed by atoms with van der Waals surface area (Å²) in [5, 5.41) is 0. The summed E-state index contributed by atoms with van der Waals surface area (Å²) in [4.78, 5) is 139. The number of rotatable bonds is 32. The number of fused-ring (bicyclic) bond motifs is 1. The molecule has 0 aromatic heterocycles. The number of esters is 7. The van der Waals surface area contributed by atoms with Gasteiger partial charge in [-0.1, -0.05) is 72.9 Å². The summed E-state index contributed by atoms with van der Waals surface area (Å²) in [6.45, 7) is 23.7. The van der Waals surface area contributed by atoms with Gasteiger partial charge in [0, 0.05) is 29.6 Å². The molecule has 6 heterocycles. The summed E-state index contributed by atoms with van der Waals surface area (Å²) < 4.78 is 83.2. The van der Waals surface area contributed by atoms with Gasteiger partial charge >= 0.3 is 41.8 Å². The molecule has 0 bridgehead atoms. The second kappa shape index (κ2) is 37.1. The van der Waals surface area contributed by atoms with Crippen LogP contribution in [0.15, 0.2) is 112 Å². The largest absolute Gasteiger partial charge is 0.469 e. The Morgan fingerprint density at radius 3 is 0.968 bits per heavy atom. The summed E-state index contributed by atoms with van der Waals surface area (Å²) in [7, 11) is 6.35. The SMILES string of the molecule is C=CC1CC(C=CC2OC(C=C)C(C(=O)OC)C2COC=O)C(C(=O)OC)C1COC=O.C=CC1OC(C=CC2OC(C=C)C(C(=O)OC)C2COC=O)C(C(=O)OC)C1COC=O.C=CC1OC(C=CC2OC(C=C)C3C(=O)OC(=O)C23)C(C(=O)OC)C1COC=O. The third-order valence-corrected chi connectivity index (χ3v) is 17.5. The molecule has 7 aliphatic rings. The molecule has 508 valence electrons. The van der Waals surface area contributed by atoms with Gasteiger partial charge in [-0.25, -0.2) is 0 Å². The number of carbonyl (C=O) groups excluding carboxylic acids is 12. The average molecular weight is 1310 g/mol. The number of hydrogen-bond donors (Lipinski definition) is 0. The van der Waals surface area contributed by atoms with E-state index in [2.05, 4.69) is 39.5 Å². The lowest BCUT2D eigenvalue weighted by molar-refractivity contribution is -0.157. The van der Waals surface area contributed by atoms with Gasteiger partial charge in [0.1, 0.15) is 11.8 Å². The molecule has 28 nitrogen and oxygen atoms in total. The highest BCUT2D eigenvalue weighted by Crippen LogP contribution is 2.46. The lowest BCUT2D eigenvalue weighted by Crippen LogP contribution is -2.33. The third kappa shape index (κ3) is 17.7. The predicted molar refractivity (Wildman–Crippen MR) is 317 cm³/mol. The average Bonchev–Trinajstić information content (AvgIpc) is 1.64. The maximum absolute atomic E-state index is 12.5. The molecular formula is C65H80O28. The Bertz CT molecular complexity index is 2670. The summed E-state index contributed by atoms with van der Waals surface area (Å²) in [6.07, 6.45) is 13.4. The molecule has 7 rings (SSSR count). The van der Waals surface area contributed by atoms with Gasteiger partial charge in [0.15, 0.2) is 0 Å². The quantitative estimate of drug-likeness (QED) is 0.0307. The van der Waals surface area contributed by atoms with Crippen molar-refractivity contribution >= 4 is 74.1 Å². The molecule has 1 aliphatic carbocycles.